The highest BCUT2D eigenvalue weighted by Gasteiger charge is 1.99. The quantitative estimate of drug-likeness (QED) is 0.710. The highest BCUT2D eigenvalue weighted by molar-refractivity contribution is 9.09. The van der Waals surface area contributed by atoms with Crippen LogP contribution in [0, 0.1) is 0 Å². The summed E-state index contributed by atoms with van der Waals surface area (Å²) in [6.45, 7) is 0. The van der Waals surface area contributed by atoms with Gasteiger partial charge < -0.3 is 5.32 Å². The zero-order chi connectivity index (χ0) is 8.97. The smallest absolute Gasteiger partial charge is 0.264 e. The summed E-state index contributed by atoms with van der Waals surface area (Å²) < 4.78 is 0. The Kier molecular flexibility index (Phi) is 2.98. The fraction of sp³-hybridized carbons (Fsp3) is 0.167. The summed E-state index contributed by atoms with van der Waals surface area (Å²) in [5.74, 6) is 0.119. The number of anilines is 1. The van der Waals surface area contributed by atoms with Gasteiger partial charge in [0.1, 0.15) is 0 Å². The monoisotopic (exact) mass is 231 g/mol. The fourth-order valence-electron chi connectivity index (χ4n) is 0.590. The minimum absolute atomic E-state index is 0.202. The third kappa shape index (κ3) is 2.46. The Balaban J connectivity index is 2.71. The average Bonchev–Trinajstić information content (AvgIpc) is 2.09. The minimum Gasteiger partial charge on any atom is -0.309 e. The molecule has 0 saturated heterocycles. The lowest BCUT2D eigenvalue weighted by Crippen LogP contribution is -2.16. The molecular weight excluding hydrogens is 226 g/mol. The highest BCUT2D eigenvalue weighted by atomic mass is 79.9. The molecule has 0 aliphatic heterocycles. The van der Waals surface area contributed by atoms with Crippen molar-refractivity contribution >= 4 is 27.7 Å². The van der Waals surface area contributed by atoms with E-state index in [2.05, 4.69) is 31.4 Å². The molecule has 0 saturated carbocycles. The maximum Gasteiger partial charge on any atom is 0.264 e. The van der Waals surface area contributed by atoms with Crippen molar-refractivity contribution in [1.29, 1.82) is 0 Å². The maximum absolute atomic E-state index is 10.8. The van der Waals surface area contributed by atoms with Gasteiger partial charge in [-0.1, -0.05) is 15.9 Å². The van der Waals surface area contributed by atoms with Crippen molar-refractivity contribution in [3.63, 3.8) is 0 Å². The second-order valence-electron chi connectivity index (χ2n) is 1.99. The molecule has 2 N–H and O–H groups in total. The van der Waals surface area contributed by atoms with Crippen LogP contribution in [0.3, 0.4) is 0 Å². The SMILES string of the molecule is O=C(CBr)Nc1ccc(=O)[nH]n1. The Morgan fingerprint density at radius 2 is 2.42 bits per heavy atom. The van der Waals surface area contributed by atoms with Gasteiger partial charge in [-0.2, -0.15) is 5.10 Å². The highest BCUT2D eigenvalue weighted by Crippen LogP contribution is 1.96. The number of amides is 1. The molecule has 0 spiro atoms. The average molecular weight is 232 g/mol. The van der Waals surface area contributed by atoms with Crippen LogP contribution in [0.15, 0.2) is 16.9 Å². The van der Waals surface area contributed by atoms with E-state index in [9.17, 15) is 9.59 Å². The Morgan fingerprint density at radius 3 is 2.92 bits per heavy atom. The van der Waals surface area contributed by atoms with Gasteiger partial charge >= 0.3 is 0 Å². The van der Waals surface area contributed by atoms with Crippen LogP contribution in [0.4, 0.5) is 5.82 Å². The number of aromatic amines is 1. The van der Waals surface area contributed by atoms with E-state index in [-0.39, 0.29) is 16.8 Å². The van der Waals surface area contributed by atoms with Gasteiger partial charge in [-0.15, -0.1) is 0 Å². The van der Waals surface area contributed by atoms with Crippen LogP contribution in [0.1, 0.15) is 0 Å². The fourth-order valence-corrected chi connectivity index (χ4v) is 0.731. The molecule has 0 fully saturated rings. The van der Waals surface area contributed by atoms with Crippen molar-refractivity contribution in [3.05, 3.63) is 22.5 Å². The number of carbonyl (C=O) groups is 1. The van der Waals surface area contributed by atoms with Crippen molar-refractivity contribution in [2.75, 3.05) is 10.6 Å². The number of nitrogens with one attached hydrogen (secondary N) is 2. The maximum atomic E-state index is 10.8. The van der Waals surface area contributed by atoms with E-state index >= 15 is 0 Å². The molecule has 0 bridgehead atoms. The number of halogens is 1. The number of rotatable bonds is 2. The Labute approximate surface area is 76.3 Å². The summed E-state index contributed by atoms with van der Waals surface area (Å²) in [6, 6.07) is 2.72. The summed E-state index contributed by atoms with van der Waals surface area (Å²) in [5, 5.41) is 8.42. The number of H-pyrrole nitrogens is 1. The first-order valence-corrected chi connectivity index (χ1v) is 4.26. The van der Waals surface area contributed by atoms with Gasteiger partial charge in [0.2, 0.25) is 5.91 Å². The zero-order valence-electron chi connectivity index (χ0n) is 6.00. The van der Waals surface area contributed by atoms with Gasteiger partial charge in [0, 0.05) is 6.07 Å². The summed E-state index contributed by atoms with van der Waals surface area (Å²) in [7, 11) is 0. The van der Waals surface area contributed by atoms with E-state index in [0.717, 1.165) is 0 Å². The van der Waals surface area contributed by atoms with Crippen molar-refractivity contribution < 1.29 is 4.79 Å². The third-order valence-corrected chi connectivity index (χ3v) is 1.58. The van der Waals surface area contributed by atoms with E-state index in [0.29, 0.717) is 5.82 Å². The lowest BCUT2D eigenvalue weighted by atomic mass is 10.5. The second kappa shape index (κ2) is 4.01. The molecule has 12 heavy (non-hydrogen) atoms. The Hall–Kier alpha value is -1.17. The van der Waals surface area contributed by atoms with Crippen molar-refractivity contribution in [2.45, 2.75) is 0 Å². The van der Waals surface area contributed by atoms with Gasteiger partial charge in [-0.25, -0.2) is 5.10 Å². The molecule has 0 aliphatic carbocycles. The lowest BCUT2D eigenvalue weighted by molar-refractivity contribution is -0.113. The zero-order valence-corrected chi connectivity index (χ0v) is 7.59. The van der Waals surface area contributed by atoms with Crippen molar-refractivity contribution in [1.82, 2.24) is 10.2 Å². The Morgan fingerprint density at radius 1 is 1.67 bits per heavy atom. The van der Waals surface area contributed by atoms with E-state index in [1.165, 1.54) is 12.1 Å². The number of nitrogens with zero attached hydrogens (tertiary/aromatic N) is 1. The first kappa shape index (κ1) is 8.92. The second-order valence-corrected chi connectivity index (χ2v) is 2.55. The largest absolute Gasteiger partial charge is 0.309 e. The van der Waals surface area contributed by atoms with Crippen LogP contribution in [-0.2, 0) is 4.79 Å². The minimum atomic E-state index is -0.299. The molecule has 1 aromatic heterocycles. The molecule has 0 aromatic carbocycles. The molecule has 0 atom stereocenters. The van der Waals surface area contributed by atoms with Gasteiger partial charge in [-0.05, 0) is 6.07 Å². The molecule has 1 heterocycles. The van der Waals surface area contributed by atoms with Crippen molar-refractivity contribution in [3.8, 4) is 0 Å². The predicted octanol–water partition coefficient (Wildman–Crippen LogP) is 0.103. The molecule has 0 unspecified atom stereocenters. The van der Waals surface area contributed by atoms with Crippen LogP contribution in [0.2, 0.25) is 0 Å². The van der Waals surface area contributed by atoms with E-state index < -0.39 is 0 Å². The number of hydrogen-bond donors (Lipinski definition) is 2. The van der Waals surface area contributed by atoms with Crippen LogP contribution in [0.25, 0.3) is 0 Å². The number of aromatic nitrogens is 2. The molecule has 1 amide bonds. The van der Waals surface area contributed by atoms with Gasteiger partial charge in [0.05, 0.1) is 5.33 Å². The molecule has 5 nitrogen and oxygen atoms in total. The molecule has 0 radical (unpaired) electrons. The van der Waals surface area contributed by atoms with Crippen LogP contribution < -0.4 is 10.9 Å². The topological polar surface area (TPSA) is 74.8 Å². The van der Waals surface area contributed by atoms with Crippen molar-refractivity contribution in [2.24, 2.45) is 0 Å². The molecule has 1 aromatic rings. The molecule has 0 aliphatic rings. The molecule has 1 rings (SSSR count). The standard InChI is InChI=1S/C6H6BrN3O2/c7-3-6(12)8-4-1-2-5(11)10-9-4/h1-2H,3H2,(H,10,11)(H,8,9,12). The lowest BCUT2D eigenvalue weighted by Gasteiger charge is -1.98. The Bertz CT molecular complexity index is 315. The van der Waals surface area contributed by atoms with Gasteiger partial charge in [0.15, 0.2) is 5.82 Å². The third-order valence-electron chi connectivity index (χ3n) is 1.07. The van der Waals surface area contributed by atoms with E-state index in [1.807, 2.05) is 0 Å². The van der Waals surface area contributed by atoms with Crippen LogP contribution >= 0.6 is 15.9 Å². The first-order chi connectivity index (χ1) is 5.72. The number of hydrogen-bond acceptors (Lipinski definition) is 3. The molecular formula is C6H6BrN3O2. The van der Waals surface area contributed by atoms with Gasteiger partial charge in [-0.3, -0.25) is 9.59 Å². The van der Waals surface area contributed by atoms with Crippen LogP contribution in [0.5, 0.6) is 0 Å². The molecule has 6 heteroatoms. The van der Waals surface area contributed by atoms with Gasteiger partial charge in [0.25, 0.3) is 5.56 Å². The first-order valence-electron chi connectivity index (χ1n) is 3.14. The summed E-state index contributed by atoms with van der Waals surface area (Å²) in [5.41, 5.74) is -0.299. The summed E-state index contributed by atoms with van der Waals surface area (Å²) >= 11 is 2.97. The van der Waals surface area contributed by atoms with E-state index in [1.54, 1.807) is 0 Å². The normalized spacial score (nSPS) is 9.42. The number of carbonyl (C=O) groups excluding carboxylic acids is 1. The van der Waals surface area contributed by atoms with Crippen LogP contribution in [-0.4, -0.2) is 21.4 Å². The predicted molar refractivity (Wildman–Crippen MR) is 47.3 cm³/mol. The summed E-state index contributed by atoms with van der Waals surface area (Å²) in [6.07, 6.45) is 0. The number of alkyl halides is 1. The van der Waals surface area contributed by atoms with E-state index in [4.69, 9.17) is 0 Å². The summed E-state index contributed by atoms with van der Waals surface area (Å²) in [4.78, 5) is 21.3. The molecule has 64 valence electrons.